The van der Waals surface area contributed by atoms with Crippen LogP contribution >= 0.6 is 0 Å². The van der Waals surface area contributed by atoms with E-state index in [0.29, 0.717) is 13.0 Å². The Bertz CT molecular complexity index is 738. The maximum atomic E-state index is 12.8. The highest BCUT2D eigenvalue weighted by molar-refractivity contribution is 5.96. The van der Waals surface area contributed by atoms with Gasteiger partial charge in [-0.2, -0.15) is 0 Å². The molecule has 2 amide bonds. The number of carbonyl (C=O) groups is 2. The van der Waals surface area contributed by atoms with Crippen LogP contribution in [0.15, 0.2) is 30.5 Å². The molecule has 1 N–H and O–H groups in total. The van der Waals surface area contributed by atoms with E-state index < -0.39 is 6.04 Å². The summed E-state index contributed by atoms with van der Waals surface area (Å²) in [5.74, 6) is -0.379. The second kappa shape index (κ2) is 6.82. The summed E-state index contributed by atoms with van der Waals surface area (Å²) in [6.07, 6.45) is 4.13. The highest BCUT2D eigenvalue weighted by Gasteiger charge is 2.33. The number of nitrogens with zero attached hydrogens (tertiary/aromatic N) is 4. The predicted octanol–water partition coefficient (Wildman–Crippen LogP) is 1.32. The van der Waals surface area contributed by atoms with E-state index in [-0.39, 0.29) is 17.5 Å². The van der Waals surface area contributed by atoms with E-state index in [1.807, 2.05) is 31.2 Å². The first-order valence-corrected chi connectivity index (χ1v) is 8.12. The molecule has 1 saturated heterocycles. The van der Waals surface area contributed by atoms with Crippen LogP contribution in [0.1, 0.15) is 35.3 Å². The van der Waals surface area contributed by atoms with Gasteiger partial charge in [0, 0.05) is 13.6 Å². The molecule has 1 atom stereocenters. The summed E-state index contributed by atoms with van der Waals surface area (Å²) in [6.45, 7) is 2.57. The molecule has 2 heterocycles. The first-order chi connectivity index (χ1) is 11.6. The number of amides is 2. The number of nitrogens with one attached hydrogen (secondary N) is 1. The van der Waals surface area contributed by atoms with E-state index in [2.05, 4.69) is 15.6 Å². The van der Waals surface area contributed by atoms with Crippen molar-refractivity contribution >= 4 is 11.8 Å². The van der Waals surface area contributed by atoms with Crippen LogP contribution in [-0.2, 0) is 4.79 Å². The number of likely N-dealkylation sites (tertiary alicyclic amines) is 1. The van der Waals surface area contributed by atoms with Crippen molar-refractivity contribution in [2.75, 3.05) is 13.6 Å². The summed E-state index contributed by atoms with van der Waals surface area (Å²) in [5, 5.41) is 10.7. The minimum atomic E-state index is -0.430. The Labute approximate surface area is 140 Å². The third-order valence-electron chi connectivity index (χ3n) is 4.32. The molecule has 7 heteroatoms. The standard InChI is InChI=1S/C17H21N5O2/c1-12-6-8-13(9-7-12)22-11-14(19-20-22)17(24)21-10-4-3-5-15(21)16(23)18-2/h6-9,11,15H,3-5,10H2,1-2H3,(H,18,23)/t15-/m0/s1. The lowest BCUT2D eigenvalue weighted by Gasteiger charge is -2.33. The summed E-state index contributed by atoms with van der Waals surface area (Å²) in [4.78, 5) is 26.4. The van der Waals surface area contributed by atoms with E-state index in [9.17, 15) is 9.59 Å². The molecule has 24 heavy (non-hydrogen) atoms. The number of hydrogen-bond acceptors (Lipinski definition) is 4. The van der Waals surface area contributed by atoms with Crippen molar-refractivity contribution in [1.29, 1.82) is 0 Å². The van der Waals surface area contributed by atoms with Crippen LogP contribution in [0.4, 0.5) is 0 Å². The molecule has 0 unspecified atom stereocenters. The van der Waals surface area contributed by atoms with Crippen LogP contribution in [0.3, 0.4) is 0 Å². The van der Waals surface area contributed by atoms with Gasteiger partial charge in [0.15, 0.2) is 5.69 Å². The van der Waals surface area contributed by atoms with Gasteiger partial charge in [-0.1, -0.05) is 22.9 Å². The third-order valence-corrected chi connectivity index (χ3v) is 4.32. The molecule has 1 aliphatic heterocycles. The first-order valence-electron chi connectivity index (χ1n) is 8.12. The Morgan fingerprint density at radius 1 is 1.21 bits per heavy atom. The molecule has 7 nitrogen and oxygen atoms in total. The lowest BCUT2D eigenvalue weighted by atomic mass is 10.0. The minimum absolute atomic E-state index is 0.131. The molecule has 1 aromatic heterocycles. The molecule has 0 radical (unpaired) electrons. The van der Waals surface area contributed by atoms with Gasteiger partial charge in [0.2, 0.25) is 5.91 Å². The van der Waals surface area contributed by atoms with Crippen molar-refractivity contribution in [1.82, 2.24) is 25.2 Å². The molecule has 2 aromatic rings. The van der Waals surface area contributed by atoms with Crippen molar-refractivity contribution < 1.29 is 9.59 Å². The van der Waals surface area contributed by atoms with Gasteiger partial charge in [-0.05, 0) is 38.3 Å². The second-order valence-corrected chi connectivity index (χ2v) is 6.01. The van der Waals surface area contributed by atoms with Gasteiger partial charge < -0.3 is 10.2 Å². The molecule has 1 aliphatic rings. The molecule has 1 fully saturated rings. The molecule has 1 aromatic carbocycles. The average Bonchev–Trinajstić information content (AvgIpc) is 3.11. The molecule has 0 saturated carbocycles. The number of carbonyl (C=O) groups excluding carboxylic acids is 2. The lowest BCUT2D eigenvalue weighted by molar-refractivity contribution is -0.126. The Balaban J connectivity index is 1.82. The van der Waals surface area contributed by atoms with Gasteiger partial charge in [-0.15, -0.1) is 5.10 Å². The topological polar surface area (TPSA) is 80.1 Å². The summed E-state index contributed by atoms with van der Waals surface area (Å²) in [6, 6.07) is 7.37. The predicted molar refractivity (Wildman–Crippen MR) is 88.8 cm³/mol. The van der Waals surface area contributed by atoms with E-state index in [4.69, 9.17) is 0 Å². The Morgan fingerprint density at radius 3 is 2.67 bits per heavy atom. The van der Waals surface area contributed by atoms with Gasteiger partial charge in [0.1, 0.15) is 6.04 Å². The van der Waals surface area contributed by atoms with Crippen LogP contribution < -0.4 is 5.32 Å². The van der Waals surface area contributed by atoms with Crippen molar-refractivity contribution in [2.24, 2.45) is 0 Å². The maximum Gasteiger partial charge on any atom is 0.276 e. The fraction of sp³-hybridized carbons (Fsp3) is 0.412. The number of benzene rings is 1. The summed E-state index contributed by atoms with van der Waals surface area (Å²) in [5.41, 5.74) is 2.25. The van der Waals surface area contributed by atoms with Crippen molar-refractivity contribution in [2.45, 2.75) is 32.2 Å². The van der Waals surface area contributed by atoms with Gasteiger partial charge in [0.25, 0.3) is 5.91 Å². The Kier molecular flexibility index (Phi) is 4.59. The zero-order valence-electron chi connectivity index (χ0n) is 13.9. The number of aromatic nitrogens is 3. The highest BCUT2D eigenvalue weighted by Crippen LogP contribution is 2.19. The zero-order chi connectivity index (χ0) is 17.1. The van der Waals surface area contributed by atoms with Crippen LogP contribution in [0.5, 0.6) is 0 Å². The number of likely N-dealkylation sites (N-methyl/N-ethyl adjacent to an activating group) is 1. The maximum absolute atomic E-state index is 12.8. The van der Waals surface area contributed by atoms with E-state index in [1.54, 1.807) is 22.8 Å². The van der Waals surface area contributed by atoms with E-state index >= 15 is 0 Å². The van der Waals surface area contributed by atoms with Crippen molar-refractivity contribution in [3.63, 3.8) is 0 Å². The van der Waals surface area contributed by atoms with Gasteiger partial charge in [-0.25, -0.2) is 4.68 Å². The first kappa shape index (κ1) is 16.2. The van der Waals surface area contributed by atoms with Gasteiger partial charge >= 0.3 is 0 Å². The van der Waals surface area contributed by atoms with Crippen LogP contribution in [0.25, 0.3) is 5.69 Å². The molecule has 0 aliphatic carbocycles. The van der Waals surface area contributed by atoms with Crippen molar-refractivity contribution in [3.8, 4) is 5.69 Å². The number of hydrogen-bond donors (Lipinski definition) is 1. The largest absolute Gasteiger partial charge is 0.357 e. The smallest absolute Gasteiger partial charge is 0.276 e. The Morgan fingerprint density at radius 2 is 1.96 bits per heavy atom. The number of rotatable bonds is 3. The normalized spacial score (nSPS) is 17.6. The molecule has 126 valence electrons. The summed E-state index contributed by atoms with van der Waals surface area (Å²) >= 11 is 0. The lowest BCUT2D eigenvalue weighted by Crippen LogP contribution is -2.51. The fourth-order valence-corrected chi connectivity index (χ4v) is 2.95. The zero-order valence-corrected chi connectivity index (χ0v) is 13.9. The number of aryl methyl sites for hydroxylation is 1. The molecular formula is C17H21N5O2. The molecule has 0 bridgehead atoms. The van der Waals surface area contributed by atoms with Gasteiger partial charge in [-0.3, -0.25) is 9.59 Å². The molecule has 3 rings (SSSR count). The van der Waals surface area contributed by atoms with Gasteiger partial charge in [0.05, 0.1) is 11.9 Å². The number of piperidine rings is 1. The van der Waals surface area contributed by atoms with E-state index in [1.165, 1.54) is 0 Å². The average molecular weight is 327 g/mol. The molecule has 0 spiro atoms. The van der Waals surface area contributed by atoms with Crippen LogP contribution in [-0.4, -0.2) is 51.3 Å². The minimum Gasteiger partial charge on any atom is -0.357 e. The quantitative estimate of drug-likeness (QED) is 0.922. The van der Waals surface area contributed by atoms with Crippen LogP contribution in [0, 0.1) is 6.92 Å². The van der Waals surface area contributed by atoms with E-state index in [0.717, 1.165) is 24.1 Å². The summed E-state index contributed by atoms with van der Waals surface area (Å²) in [7, 11) is 1.59. The third kappa shape index (κ3) is 3.15. The summed E-state index contributed by atoms with van der Waals surface area (Å²) < 4.78 is 1.57. The second-order valence-electron chi connectivity index (χ2n) is 6.01. The fourth-order valence-electron chi connectivity index (χ4n) is 2.95. The van der Waals surface area contributed by atoms with Crippen LogP contribution in [0.2, 0.25) is 0 Å². The highest BCUT2D eigenvalue weighted by atomic mass is 16.2. The Hall–Kier alpha value is -2.70. The SMILES string of the molecule is CNC(=O)[C@@H]1CCCCN1C(=O)c1cn(-c2ccc(C)cc2)nn1. The monoisotopic (exact) mass is 327 g/mol. The molecular weight excluding hydrogens is 306 g/mol. The van der Waals surface area contributed by atoms with Crippen molar-refractivity contribution in [3.05, 3.63) is 41.7 Å².